The Morgan fingerprint density at radius 1 is 1.71 bits per heavy atom. The van der Waals surface area contributed by atoms with E-state index in [-0.39, 0.29) is 0 Å². The molecular weight excluding hydrogens is 94.0 g/mol. The van der Waals surface area contributed by atoms with Gasteiger partial charge in [-0.3, -0.25) is 0 Å². The Morgan fingerprint density at radius 2 is 2.14 bits per heavy atom. The molecule has 0 aromatic heterocycles. The highest BCUT2D eigenvalue weighted by atomic mass is 16.2. The normalized spacial score (nSPS) is 6.14. The smallest absolute Gasteiger partial charge is 0.121 e. The summed E-state index contributed by atoms with van der Waals surface area (Å²) >= 11 is 0. The molecule has 0 saturated carbocycles. The Bertz CT molecular complexity index is 30.9. The molecule has 44 valence electrons. The first-order valence-electron chi connectivity index (χ1n) is 2.00. The summed E-state index contributed by atoms with van der Waals surface area (Å²) in [7, 11) is 1.00. The summed E-state index contributed by atoms with van der Waals surface area (Å²) in [5.41, 5.74) is 4.91. The fourth-order valence-electron chi connectivity index (χ4n) is 0.0680. The van der Waals surface area contributed by atoms with E-state index in [9.17, 15) is 4.79 Å². The second kappa shape index (κ2) is 17.6. The minimum atomic E-state index is 0.476. The van der Waals surface area contributed by atoms with Crippen molar-refractivity contribution < 1.29 is 9.90 Å². The molecule has 0 aliphatic carbocycles. The van der Waals surface area contributed by atoms with E-state index in [2.05, 4.69) is 0 Å². The average Bonchev–Trinajstić information content (AvgIpc) is 1.75. The summed E-state index contributed by atoms with van der Waals surface area (Å²) in [6, 6.07) is 0. The summed E-state index contributed by atoms with van der Waals surface area (Å²) in [4.78, 5) is 9.32. The second-order valence-corrected chi connectivity index (χ2v) is 0.744. The fraction of sp³-hybridized carbons (Fsp3) is 0.750. The molecule has 0 spiro atoms. The number of hydrogen-bond donors (Lipinski definition) is 2. The molecule has 0 aliphatic heterocycles. The van der Waals surface area contributed by atoms with E-state index in [0.717, 1.165) is 13.4 Å². The fourth-order valence-corrected chi connectivity index (χ4v) is 0.0680. The van der Waals surface area contributed by atoms with Crippen LogP contribution in [-0.4, -0.2) is 25.0 Å². The number of aliphatic hydroxyl groups is 1. The van der Waals surface area contributed by atoms with E-state index in [4.69, 9.17) is 10.8 Å². The topological polar surface area (TPSA) is 63.3 Å². The number of aliphatic hydroxyl groups excluding tert-OH is 1. The Morgan fingerprint density at radius 3 is 2.14 bits per heavy atom. The molecule has 0 bridgehead atoms. The zero-order valence-electron chi connectivity index (χ0n) is 4.42. The summed E-state index contributed by atoms with van der Waals surface area (Å²) in [5.74, 6) is 0. The van der Waals surface area contributed by atoms with Gasteiger partial charge in [0.1, 0.15) is 6.29 Å². The van der Waals surface area contributed by atoms with Crippen molar-refractivity contribution in [1.29, 1.82) is 0 Å². The van der Waals surface area contributed by atoms with E-state index in [1.807, 2.05) is 0 Å². The van der Waals surface area contributed by atoms with Crippen LogP contribution in [0.25, 0.3) is 0 Å². The van der Waals surface area contributed by atoms with Crippen molar-refractivity contribution in [3.63, 3.8) is 0 Å². The highest BCUT2D eigenvalue weighted by molar-refractivity contribution is 5.49. The SMILES string of the molecule is CO.NCCC=O. The van der Waals surface area contributed by atoms with Gasteiger partial charge in [0, 0.05) is 13.5 Å². The van der Waals surface area contributed by atoms with Crippen LogP contribution in [0.1, 0.15) is 6.42 Å². The van der Waals surface area contributed by atoms with E-state index in [1.54, 1.807) is 0 Å². The zero-order chi connectivity index (χ0) is 6.12. The summed E-state index contributed by atoms with van der Waals surface area (Å²) in [5, 5.41) is 7.00. The largest absolute Gasteiger partial charge is 0.400 e. The molecule has 0 atom stereocenters. The van der Waals surface area contributed by atoms with Crippen LogP contribution in [-0.2, 0) is 4.79 Å². The molecule has 0 aromatic carbocycles. The first-order chi connectivity index (χ1) is 3.41. The Balaban J connectivity index is 0. The van der Waals surface area contributed by atoms with E-state index >= 15 is 0 Å². The molecule has 3 nitrogen and oxygen atoms in total. The molecule has 0 rings (SSSR count). The van der Waals surface area contributed by atoms with Crippen LogP contribution >= 0.6 is 0 Å². The van der Waals surface area contributed by atoms with Crippen LogP contribution in [0.3, 0.4) is 0 Å². The van der Waals surface area contributed by atoms with E-state index < -0.39 is 0 Å². The third-order valence-corrected chi connectivity index (χ3v) is 0.285. The Hall–Kier alpha value is -0.410. The van der Waals surface area contributed by atoms with Crippen molar-refractivity contribution in [3.8, 4) is 0 Å². The van der Waals surface area contributed by atoms with Crippen LogP contribution in [0.4, 0.5) is 0 Å². The monoisotopic (exact) mass is 105 g/mol. The van der Waals surface area contributed by atoms with Gasteiger partial charge in [0.2, 0.25) is 0 Å². The molecule has 0 amide bonds. The number of carbonyl (C=O) groups excluding carboxylic acids is 1. The average molecular weight is 105 g/mol. The minimum absolute atomic E-state index is 0.476. The molecule has 0 heterocycles. The summed E-state index contributed by atoms with van der Waals surface area (Å²) < 4.78 is 0. The van der Waals surface area contributed by atoms with Gasteiger partial charge in [0.05, 0.1) is 0 Å². The standard InChI is InChI=1S/C3H7NO.CH4O/c4-2-1-3-5;1-2/h3H,1-2,4H2;2H,1H3. The van der Waals surface area contributed by atoms with Gasteiger partial charge < -0.3 is 15.6 Å². The number of hydrogen-bond acceptors (Lipinski definition) is 3. The maximum atomic E-state index is 9.32. The van der Waals surface area contributed by atoms with Gasteiger partial charge in [-0.15, -0.1) is 0 Å². The van der Waals surface area contributed by atoms with Crippen molar-refractivity contribution >= 4 is 6.29 Å². The highest BCUT2D eigenvalue weighted by Gasteiger charge is 1.66. The van der Waals surface area contributed by atoms with Crippen molar-refractivity contribution in [2.75, 3.05) is 13.7 Å². The molecule has 7 heavy (non-hydrogen) atoms. The van der Waals surface area contributed by atoms with Crippen molar-refractivity contribution in [2.45, 2.75) is 6.42 Å². The van der Waals surface area contributed by atoms with Crippen LogP contribution in [0, 0.1) is 0 Å². The molecule has 0 radical (unpaired) electrons. The summed E-state index contributed by atoms with van der Waals surface area (Å²) in [6.07, 6.45) is 1.29. The maximum absolute atomic E-state index is 9.32. The first kappa shape index (κ1) is 9.77. The van der Waals surface area contributed by atoms with E-state index in [1.165, 1.54) is 0 Å². The van der Waals surface area contributed by atoms with Gasteiger partial charge in [-0.05, 0) is 6.54 Å². The van der Waals surface area contributed by atoms with Gasteiger partial charge in [-0.1, -0.05) is 0 Å². The molecular formula is C4H11NO2. The van der Waals surface area contributed by atoms with Gasteiger partial charge in [-0.25, -0.2) is 0 Å². The first-order valence-corrected chi connectivity index (χ1v) is 2.00. The lowest BCUT2D eigenvalue weighted by atomic mass is 10.5. The predicted octanol–water partition coefficient (Wildman–Crippen LogP) is -0.857. The Kier molecular flexibility index (Phi) is 24.5. The van der Waals surface area contributed by atoms with Crippen molar-refractivity contribution in [2.24, 2.45) is 5.73 Å². The maximum Gasteiger partial charge on any atom is 0.121 e. The van der Waals surface area contributed by atoms with Crippen LogP contribution in [0.15, 0.2) is 0 Å². The van der Waals surface area contributed by atoms with Gasteiger partial charge in [0.15, 0.2) is 0 Å². The zero-order valence-corrected chi connectivity index (χ0v) is 4.42. The quantitative estimate of drug-likeness (QED) is 0.449. The lowest BCUT2D eigenvalue weighted by molar-refractivity contribution is -0.107. The van der Waals surface area contributed by atoms with Crippen molar-refractivity contribution in [3.05, 3.63) is 0 Å². The molecule has 0 saturated heterocycles. The van der Waals surface area contributed by atoms with Gasteiger partial charge >= 0.3 is 0 Å². The molecule has 3 heteroatoms. The van der Waals surface area contributed by atoms with Gasteiger partial charge in [-0.2, -0.15) is 0 Å². The summed E-state index contributed by atoms with van der Waals surface area (Å²) in [6.45, 7) is 0.476. The number of nitrogens with two attached hydrogens (primary N) is 1. The second-order valence-electron chi connectivity index (χ2n) is 0.744. The third-order valence-electron chi connectivity index (χ3n) is 0.285. The molecule has 3 N–H and O–H groups in total. The van der Waals surface area contributed by atoms with Gasteiger partial charge in [0.25, 0.3) is 0 Å². The molecule has 0 unspecified atom stereocenters. The number of rotatable bonds is 2. The van der Waals surface area contributed by atoms with E-state index in [0.29, 0.717) is 13.0 Å². The van der Waals surface area contributed by atoms with Crippen LogP contribution in [0.5, 0.6) is 0 Å². The molecule has 0 aromatic rings. The lowest BCUT2D eigenvalue weighted by Crippen LogP contribution is -1.97. The van der Waals surface area contributed by atoms with Crippen molar-refractivity contribution in [1.82, 2.24) is 0 Å². The number of aldehydes is 1. The molecule has 0 aliphatic rings. The number of carbonyl (C=O) groups is 1. The van der Waals surface area contributed by atoms with Crippen LogP contribution < -0.4 is 5.73 Å². The lowest BCUT2D eigenvalue weighted by Gasteiger charge is -1.70. The highest BCUT2D eigenvalue weighted by Crippen LogP contribution is 1.54. The third kappa shape index (κ3) is 28.5. The molecule has 0 fully saturated rings. The Labute approximate surface area is 43.1 Å². The van der Waals surface area contributed by atoms with Crippen LogP contribution in [0.2, 0.25) is 0 Å². The predicted molar refractivity (Wildman–Crippen MR) is 27.9 cm³/mol. The minimum Gasteiger partial charge on any atom is -0.400 e.